The fourth-order valence-corrected chi connectivity index (χ4v) is 6.19. The highest BCUT2D eigenvalue weighted by molar-refractivity contribution is 7.92. The van der Waals surface area contributed by atoms with Gasteiger partial charge in [-0.2, -0.15) is 0 Å². The van der Waals surface area contributed by atoms with Crippen molar-refractivity contribution in [3.63, 3.8) is 0 Å². The van der Waals surface area contributed by atoms with Crippen molar-refractivity contribution in [3.8, 4) is 0 Å². The third kappa shape index (κ3) is 5.05. The van der Waals surface area contributed by atoms with Crippen LogP contribution in [0.1, 0.15) is 50.5 Å². The molecule has 8 heteroatoms. The van der Waals surface area contributed by atoms with Crippen LogP contribution in [0, 0.1) is 0 Å². The second kappa shape index (κ2) is 9.95. The van der Waals surface area contributed by atoms with Gasteiger partial charge in [0.05, 0.1) is 22.6 Å². The highest BCUT2D eigenvalue weighted by atomic mass is 32.2. The molecule has 1 unspecified atom stereocenters. The van der Waals surface area contributed by atoms with E-state index in [1.165, 1.54) is 4.31 Å². The molecule has 0 bridgehead atoms. The van der Waals surface area contributed by atoms with Crippen LogP contribution in [0.2, 0.25) is 0 Å². The molecule has 1 saturated heterocycles. The Kier molecular flexibility index (Phi) is 7.02. The molecular formula is C25H29NO6S. The number of fused-ring (bicyclic) bond motifs is 2. The first kappa shape index (κ1) is 23.3. The number of esters is 2. The zero-order chi connectivity index (χ0) is 23.3. The van der Waals surface area contributed by atoms with Crippen LogP contribution in [0.4, 0.5) is 5.69 Å². The highest BCUT2D eigenvalue weighted by Crippen LogP contribution is 2.46. The van der Waals surface area contributed by atoms with Gasteiger partial charge in [0.15, 0.2) is 0 Å². The van der Waals surface area contributed by atoms with Crippen molar-refractivity contribution in [1.82, 2.24) is 0 Å². The van der Waals surface area contributed by atoms with Gasteiger partial charge < -0.3 is 9.47 Å². The molecule has 0 amide bonds. The molecule has 2 aliphatic heterocycles. The van der Waals surface area contributed by atoms with Crippen LogP contribution in [0.25, 0.3) is 0 Å². The number of benzene rings is 2. The number of rotatable bonds is 2. The monoisotopic (exact) mass is 471 g/mol. The quantitative estimate of drug-likeness (QED) is 0.616. The smallest absolute Gasteiger partial charge is 0.305 e. The molecule has 1 fully saturated rings. The first-order valence-electron chi connectivity index (χ1n) is 11.4. The Labute approximate surface area is 194 Å². The molecule has 0 aliphatic carbocycles. The minimum atomic E-state index is -3.80. The zero-order valence-electron chi connectivity index (χ0n) is 18.6. The second-order valence-corrected chi connectivity index (χ2v) is 10.5. The van der Waals surface area contributed by atoms with Gasteiger partial charge in [-0.05, 0) is 49.4 Å². The summed E-state index contributed by atoms with van der Waals surface area (Å²) in [5.74, 6) is -0.528. The van der Waals surface area contributed by atoms with Crippen LogP contribution >= 0.6 is 0 Å². The predicted molar refractivity (Wildman–Crippen MR) is 123 cm³/mol. The number of carbonyl (C=O) groups excluding carboxylic acids is 2. The van der Waals surface area contributed by atoms with Crippen LogP contribution in [-0.2, 0) is 34.5 Å². The van der Waals surface area contributed by atoms with E-state index in [1.54, 1.807) is 36.4 Å². The molecule has 4 rings (SSSR count). The van der Waals surface area contributed by atoms with Crippen LogP contribution in [-0.4, -0.2) is 40.1 Å². The number of hydrogen-bond acceptors (Lipinski definition) is 6. The molecule has 2 aromatic carbocycles. The van der Waals surface area contributed by atoms with E-state index in [2.05, 4.69) is 0 Å². The fraction of sp³-hybridized carbons (Fsp3) is 0.440. The Hall–Kier alpha value is -2.87. The third-order valence-electron chi connectivity index (χ3n) is 6.36. The number of para-hydroxylation sites is 1. The Bertz CT molecular complexity index is 1100. The molecule has 176 valence electrons. The maximum Gasteiger partial charge on any atom is 0.305 e. The molecule has 1 atom stereocenters. The minimum absolute atomic E-state index is 0.0810. The first-order chi connectivity index (χ1) is 15.9. The van der Waals surface area contributed by atoms with Crippen molar-refractivity contribution < 1.29 is 27.5 Å². The molecule has 0 aromatic heterocycles. The van der Waals surface area contributed by atoms with E-state index in [1.807, 2.05) is 18.2 Å². The second-order valence-electron chi connectivity index (χ2n) is 8.67. The lowest BCUT2D eigenvalue weighted by molar-refractivity contribution is -0.146. The van der Waals surface area contributed by atoms with E-state index in [0.717, 1.165) is 12.0 Å². The number of nitrogens with zero attached hydrogens (tertiary/aromatic N) is 1. The highest BCUT2D eigenvalue weighted by Gasteiger charge is 2.47. The average molecular weight is 472 g/mol. The van der Waals surface area contributed by atoms with E-state index in [9.17, 15) is 18.0 Å². The summed E-state index contributed by atoms with van der Waals surface area (Å²) in [5.41, 5.74) is 0.705. The van der Waals surface area contributed by atoms with E-state index in [-0.39, 0.29) is 43.0 Å². The Morgan fingerprint density at radius 3 is 2.21 bits per heavy atom. The van der Waals surface area contributed by atoms with Gasteiger partial charge in [-0.1, -0.05) is 42.8 Å². The van der Waals surface area contributed by atoms with E-state index in [4.69, 9.17) is 9.47 Å². The number of cyclic esters (lactones) is 2. The lowest BCUT2D eigenvalue weighted by atomic mass is 9.79. The minimum Gasteiger partial charge on any atom is -0.466 e. The van der Waals surface area contributed by atoms with Gasteiger partial charge in [-0.3, -0.25) is 13.9 Å². The van der Waals surface area contributed by atoms with Crippen LogP contribution in [0.3, 0.4) is 0 Å². The number of hydrogen-bond donors (Lipinski definition) is 0. The van der Waals surface area contributed by atoms with Crippen LogP contribution in [0.15, 0.2) is 59.5 Å². The Morgan fingerprint density at radius 2 is 1.45 bits per heavy atom. The van der Waals surface area contributed by atoms with Gasteiger partial charge in [0.1, 0.15) is 6.61 Å². The van der Waals surface area contributed by atoms with Crippen molar-refractivity contribution in [1.29, 1.82) is 0 Å². The summed E-state index contributed by atoms with van der Waals surface area (Å²) in [5, 5.41) is 0. The van der Waals surface area contributed by atoms with E-state index < -0.39 is 15.4 Å². The molecule has 0 N–H and O–H groups in total. The largest absolute Gasteiger partial charge is 0.466 e. The molecule has 2 aromatic rings. The van der Waals surface area contributed by atoms with Crippen molar-refractivity contribution in [3.05, 3.63) is 60.2 Å². The van der Waals surface area contributed by atoms with Crippen molar-refractivity contribution in [2.24, 2.45) is 0 Å². The van der Waals surface area contributed by atoms with E-state index >= 15 is 0 Å². The Morgan fingerprint density at radius 1 is 0.788 bits per heavy atom. The molecule has 33 heavy (non-hydrogen) atoms. The Balaban J connectivity index is 1.67. The summed E-state index contributed by atoms with van der Waals surface area (Å²) in [6.07, 6.45) is 3.76. The third-order valence-corrected chi connectivity index (χ3v) is 8.13. The number of sulfonamides is 1. The van der Waals surface area contributed by atoms with Gasteiger partial charge in [-0.15, -0.1) is 0 Å². The summed E-state index contributed by atoms with van der Waals surface area (Å²) in [4.78, 5) is 24.6. The maximum atomic E-state index is 13.5. The zero-order valence-corrected chi connectivity index (χ0v) is 19.4. The van der Waals surface area contributed by atoms with E-state index in [0.29, 0.717) is 37.8 Å². The summed E-state index contributed by atoms with van der Waals surface area (Å²) in [6.45, 7) is 0.491. The van der Waals surface area contributed by atoms with Gasteiger partial charge in [0, 0.05) is 19.4 Å². The van der Waals surface area contributed by atoms with Crippen molar-refractivity contribution in [2.75, 3.05) is 24.1 Å². The SMILES string of the molecule is O=C1CCCCCC(=O)OCC2(CCCO1)CN(S(=O)(=O)c1ccccc1)c1ccccc12. The van der Waals surface area contributed by atoms with Crippen LogP contribution < -0.4 is 4.31 Å². The molecule has 0 saturated carbocycles. The first-order valence-corrected chi connectivity index (χ1v) is 12.8. The van der Waals surface area contributed by atoms with Crippen molar-refractivity contribution >= 4 is 27.6 Å². The molecule has 0 radical (unpaired) electrons. The summed E-state index contributed by atoms with van der Waals surface area (Å²) in [7, 11) is -3.80. The lowest BCUT2D eigenvalue weighted by Gasteiger charge is -2.30. The molecular weight excluding hydrogens is 442 g/mol. The predicted octanol–water partition coefficient (Wildman–Crippen LogP) is 3.96. The van der Waals surface area contributed by atoms with Gasteiger partial charge in [-0.25, -0.2) is 8.42 Å². The number of carbonyl (C=O) groups is 2. The summed E-state index contributed by atoms with van der Waals surface area (Å²) < 4.78 is 39.6. The fourth-order valence-electron chi connectivity index (χ4n) is 4.60. The maximum absolute atomic E-state index is 13.5. The van der Waals surface area contributed by atoms with Gasteiger partial charge in [0.25, 0.3) is 10.0 Å². The normalized spacial score (nSPS) is 22.8. The topological polar surface area (TPSA) is 90.0 Å². The number of ether oxygens (including phenoxy) is 2. The number of anilines is 1. The molecule has 1 spiro atoms. The molecule has 2 aliphatic rings. The lowest BCUT2D eigenvalue weighted by Crippen LogP contribution is -2.41. The average Bonchev–Trinajstić information content (AvgIpc) is 3.16. The molecule has 2 heterocycles. The summed E-state index contributed by atoms with van der Waals surface area (Å²) >= 11 is 0. The standard InChI is InChI=1S/C25H29NO6S/c27-23-14-5-2-6-15-24(28)32-19-25(16-9-17-31-23)18-26(22-13-8-7-12-21(22)25)33(29,30)20-10-3-1-4-11-20/h1,3-4,7-8,10-13H,2,5-6,9,14-19H2. The van der Waals surface area contributed by atoms with Gasteiger partial charge in [0.2, 0.25) is 0 Å². The van der Waals surface area contributed by atoms with Gasteiger partial charge >= 0.3 is 11.9 Å². The summed E-state index contributed by atoms with van der Waals surface area (Å²) in [6, 6.07) is 15.7. The molecule has 7 nitrogen and oxygen atoms in total. The van der Waals surface area contributed by atoms with Crippen molar-refractivity contribution in [2.45, 2.75) is 55.3 Å². The van der Waals surface area contributed by atoms with Crippen LogP contribution in [0.5, 0.6) is 0 Å².